The third-order valence-corrected chi connectivity index (χ3v) is 15.5. The SMILES string of the molecule is CC1C=C(c2cccc3cccc(C4CCCCC4)c23)C(N(c2ccc(C3(c4ccccc4)c4ccccc4-c4ccccc43)cc2)c2ccc3c(c2)C(C)(C)c2ccccc2-3)=CC1. The van der Waals surface area contributed by atoms with E-state index >= 15 is 0 Å². The van der Waals surface area contributed by atoms with Gasteiger partial charge in [-0.15, -0.1) is 0 Å². The highest BCUT2D eigenvalue weighted by Crippen LogP contribution is 2.57. The molecule has 1 nitrogen and oxygen atoms in total. The maximum Gasteiger partial charge on any atom is 0.0713 e. The second kappa shape index (κ2) is 15.2. The number of allylic oxidation sites excluding steroid dienone is 3. The van der Waals surface area contributed by atoms with Crippen LogP contribution in [0.15, 0.2) is 200 Å². The van der Waals surface area contributed by atoms with E-state index in [1.165, 1.54) is 132 Å². The molecule has 12 rings (SSSR count). The topological polar surface area (TPSA) is 3.24 Å². The summed E-state index contributed by atoms with van der Waals surface area (Å²) >= 11 is 0. The molecule has 8 aromatic carbocycles. The summed E-state index contributed by atoms with van der Waals surface area (Å²) in [7, 11) is 0. The standard InChI is InChI=1S/C63H55N/c1-42-32-39-60(55(40-42)54-28-17-21-44-20-16-27-49(61(44)54)43-18-6-4-7-19-43)64(48-37-38-53-50-24-10-13-29-56(50)62(2,3)59(53)41-48)47-35-33-46(34-36-47)63(45-22-8-5-9-23-45)57-30-14-11-25-51(57)52-26-12-15-31-58(52)63/h5,8-17,20-31,33-43H,4,6-7,18-19,32H2,1-3H3. The predicted octanol–water partition coefficient (Wildman–Crippen LogP) is 16.7. The van der Waals surface area contributed by atoms with Gasteiger partial charge in [0.15, 0.2) is 0 Å². The quantitative estimate of drug-likeness (QED) is 0.155. The molecule has 1 fully saturated rings. The summed E-state index contributed by atoms with van der Waals surface area (Å²) in [6.07, 6.45) is 12.6. The lowest BCUT2D eigenvalue weighted by Crippen LogP contribution is -2.28. The zero-order chi connectivity index (χ0) is 43.0. The van der Waals surface area contributed by atoms with Crippen LogP contribution in [0.2, 0.25) is 0 Å². The fourth-order valence-electron chi connectivity index (χ4n) is 12.5. The van der Waals surface area contributed by atoms with Crippen molar-refractivity contribution in [1.29, 1.82) is 0 Å². The first kappa shape index (κ1) is 38.9. The van der Waals surface area contributed by atoms with E-state index < -0.39 is 5.41 Å². The average molecular weight is 826 g/mol. The van der Waals surface area contributed by atoms with Gasteiger partial charge < -0.3 is 4.90 Å². The molecule has 4 aliphatic carbocycles. The van der Waals surface area contributed by atoms with Gasteiger partial charge in [0.25, 0.3) is 0 Å². The van der Waals surface area contributed by atoms with Crippen molar-refractivity contribution in [1.82, 2.24) is 0 Å². The minimum Gasteiger partial charge on any atom is -0.310 e. The van der Waals surface area contributed by atoms with Crippen molar-refractivity contribution in [2.75, 3.05) is 4.90 Å². The third-order valence-electron chi connectivity index (χ3n) is 15.5. The number of rotatable bonds is 7. The first-order valence-corrected chi connectivity index (χ1v) is 23.8. The van der Waals surface area contributed by atoms with Crippen molar-refractivity contribution in [2.45, 2.75) is 76.0 Å². The van der Waals surface area contributed by atoms with Crippen molar-refractivity contribution in [3.63, 3.8) is 0 Å². The maximum atomic E-state index is 2.59. The molecule has 8 aromatic rings. The van der Waals surface area contributed by atoms with Gasteiger partial charge in [-0.1, -0.05) is 210 Å². The first-order valence-electron chi connectivity index (χ1n) is 23.8. The maximum absolute atomic E-state index is 2.59. The molecule has 1 heteroatoms. The van der Waals surface area contributed by atoms with E-state index in [9.17, 15) is 0 Å². The Kier molecular flexibility index (Phi) is 9.27. The number of hydrogen-bond donors (Lipinski definition) is 0. The molecule has 0 saturated heterocycles. The van der Waals surface area contributed by atoms with E-state index in [4.69, 9.17) is 0 Å². The second-order valence-corrected chi connectivity index (χ2v) is 19.5. The van der Waals surface area contributed by atoms with Gasteiger partial charge >= 0.3 is 0 Å². The fourth-order valence-corrected chi connectivity index (χ4v) is 12.5. The van der Waals surface area contributed by atoms with Crippen molar-refractivity contribution in [2.24, 2.45) is 5.92 Å². The van der Waals surface area contributed by atoms with E-state index in [0.717, 1.165) is 6.42 Å². The molecule has 4 aliphatic rings. The molecule has 0 N–H and O–H groups in total. The highest BCUT2D eigenvalue weighted by Gasteiger charge is 2.46. The minimum atomic E-state index is -0.454. The van der Waals surface area contributed by atoms with Gasteiger partial charge in [-0.3, -0.25) is 0 Å². The largest absolute Gasteiger partial charge is 0.310 e. The van der Waals surface area contributed by atoms with Crippen LogP contribution in [0.25, 0.3) is 38.6 Å². The summed E-state index contributed by atoms with van der Waals surface area (Å²) in [5.41, 5.74) is 20.6. The summed E-state index contributed by atoms with van der Waals surface area (Å²) < 4.78 is 0. The van der Waals surface area contributed by atoms with E-state index in [1.807, 2.05) is 0 Å². The van der Waals surface area contributed by atoms with Crippen molar-refractivity contribution < 1.29 is 0 Å². The van der Waals surface area contributed by atoms with Crippen LogP contribution in [0.4, 0.5) is 11.4 Å². The monoisotopic (exact) mass is 825 g/mol. The minimum absolute atomic E-state index is 0.124. The third kappa shape index (κ3) is 5.90. The van der Waals surface area contributed by atoms with Crippen LogP contribution >= 0.6 is 0 Å². The summed E-state index contributed by atoms with van der Waals surface area (Å²) in [5, 5.41) is 2.78. The van der Waals surface area contributed by atoms with Gasteiger partial charge in [0.1, 0.15) is 0 Å². The molecule has 0 aliphatic heterocycles. The zero-order valence-corrected chi connectivity index (χ0v) is 37.3. The van der Waals surface area contributed by atoms with Crippen molar-refractivity contribution in [3.05, 3.63) is 244 Å². The summed E-state index contributed by atoms with van der Waals surface area (Å²) in [6.45, 7) is 7.18. The molecule has 1 atom stereocenters. The van der Waals surface area contributed by atoms with Gasteiger partial charge in [-0.2, -0.15) is 0 Å². The molecular formula is C63H55N. The van der Waals surface area contributed by atoms with E-state index in [-0.39, 0.29) is 5.41 Å². The number of nitrogens with zero attached hydrogens (tertiary/aromatic N) is 1. The Morgan fingerprint density at radius 2 is 1.05 bits per heavy atom. The molecule has 0 heterocycles. The van der Waals surface area contributed by atoms with Gasteiger partial charge in [0, 0.05) is 28.1 Å². The highest BCUT2D eigenvalue weighted by atomic mass is 15.2. The molecular weight excluding hydrogens is 771 g/mol. The zero-order valence-electron chi connectivity index (χ0n) is 37.3. The van der Waals surface area contributed by atoms with Crippen molar-refractivity contribution in [3.8, 4) is 22.3 Å². The smallest absolute Gasteiger partial charge is 0.0713 e. The Hall–Kier alpha value is -6.70. The molecule has 64 heavy (non-hydrogen) atoms. The summed E-state index contributed by atoms with van der Waals surface area (Å²) in [4.78, 5) is 2.59. The molecule has 0 amide bonds. The Balaban J connectivity index is 1.07. The van der Waals surface area contributed by atoms with Crippen LogP contribution < -0.4 is 4.90 Å². The van der Waals surface area contributed by atoms with Crippen LogP contribution in [-0.4, -0.2) is 0 Å². The molecule has 1 saturated carbocycles. The lowest BCUT2D eigenvalue weighted by molar-refractivity contribution is 0.445. The van der Waals surface area contributed by atoms with Gasteiger partial charge in [0.2, 0.25) is 0 Å². The van der Waals surface area contributed by atoms with E-state index in [2.05, 4.69) is 220 Å². The van der Waals surface area contributed by atoms with Crippen LogP contribution in [0, 0.1) is 5.92 Å². The van der Waals surface area contributed by atoms with Crippen LogP contribution in [0.3, 0.4) is 0 Å². The summed E-state index contributed by atoms with van der Waals surface area (Å²) in [6, 6.07) is 69.3. The highest BCUT2D eigenvalue weighted by molar-refractivity contribution is 6.02. The van der Waals surface area contributed by atoms with Crippen LogP contribution in [0.1, 0.15) is 110 Å². The Morgan fingerprint density at radius 3 is 1.75 bits per heavy atom. The Morgan fingerprint density at radius 1 is 0.484 bits per heavy atom. The number of benzene rings is 8. The summed E-state index contributed by atoms with van der Waals surface area (Å²) in [5.74, 6) is 1.02. The van der Waals surface area contributed by atoms with Gasteiger partial charge in [0.05, 0.1) is 5.41 Å². The number of anilines is 2. The fraction of sp³-hybridized carbons (Fsp3) is 0.206. The number of hydrogen-bond acceptors (Lipinski definition) is 1. The molecule has 0 bridgehead atoms. The average Bonchev–Trinajstić information content (AvgIpc) is 3.78. The van der Waals surface area contributed by atoms with E-state index in [0.29, 0.717) is 11.8 Å². The van der Waals surface area contributed by atoms with Gasteiger partial charge in [-0.25, -0.2) is 0 Å². The van der Waals surface area contributed by atoms with Gasteiger partial charge in [-0.05, 0) is 133 Å². The molecule has 312 valence electrons. The Bertz CT molecular complexity index is 3100. The van der Waals surface area contributed by atoms with Crippen molar-refractivity contribution >= 4 is 27.7 Å². The van der Waals surface area contributed by atoms with Crippen LogP contribution in [-0.2, 0) is 10.8 Å². The Labute approximate surface area is 379 Å². The van der Waals surface area contributed by atoms with Crippen LogP contribution in [0.5, 0.6) is 0 Å². The normalized spacial score (nSPS) is 18.1. The first-order chi connectivity index (χ1) is 31.4. The predicted molar refractivity (Wildman–Crippen MR) is 270 cm³/mol. The molecule has 0 spiro atoms. The molecule has 0 radical (unpaired) electrons. The molecule has 0 aromatic heterocycles. The van der Waals surface area contributed by atoms with E-state index in [1.54, 1.807) is 0 Å². The lowest BCUT2D eigenvalue weighted by Gasteiger charge is -2.36. The lowest BCUT2D eigenvalue weighted by atomic mass is 9.67. The number of fused-ring (bicyclic) bond motifs is 7. The second-order valence-electron chi connectivity index (χ2n) is 19.5. The molecule has 1 unspecified atom stereocenters.